The van der Waals surface area contributed by atoms with Gasteiger partial charge in [-0.3, -0.25) is 0 Å². The van der Waals surface area contributed by atoms with Gasteiger partial charge in [0.15, 0.2) is 0 Å². The molecule has 0 atom stereocenters. The average Bonchev–Trinajstić information content (AvgIpc) is 2.94. The first-order chi connectivity index (χ1) is 8.33. The van der Waals surface area contributed by atoms with Gasteiger partial charge in [0.1, 0.15) is 5.82 Å². The fraction of sp³-hybridized carbons (Fsp3) is 0.429. The molecule has 1 aliphatic heterocycles. The summed E-state index contributed by atoms with van der Waals surface area (Å²) in [7, 11) is 0. The Morgan fingerprint density at radius 2 is 1.88 bits per heavy atom. The van der Waals surface area contributed by atoms with Crippen LogP contribution < -0.4 is 0 Å². The molecule has 1 fully saturated rings. The summed E-state index contributed by atoms with van der Waals surface area (Å²) >= 11 is 0. The maximum Gasteiger partial charge on any atom is 0.123 e. The van der Waals surface area contributed by atoms with Gasteiger partial charge in [0.2, 0.25) is 0 Å². The van der Waals surface area contributed by atoms with Crippen molar-refractivity contribution in [2.24, 2.45) is 0 Å². The Bertz CT molecular complexity index is 512. The molecule has 1 aromatic heterocycles. The third-order valence-corrected chi connectivity index (χ3v) is 3.59. The molecule has 0 saturated carbocycles. The van der Waals surface area contributed by atoms with Crippen molar-refractivity contribution in [3.05, 3.63) is 36.3 Å². The van der Waals surface area contributed by atoms with Crippen molar-refractivity contribution in [3.63, 3.8) is 0 Å². The van der Waals surface area contributed by atoms with Gasteiger partial charge < -0.3 is 9.47 Å². The summed E-state index contributed by atoms with van der Waals surface area (Å²) in [6.45, 7) is 4.55. The van der Waals surface area contributed by atoms with Gasteiger partial charge in [-0.25, -0.2) is 4.39 Å². The van der Waals surface area contributed by atoms with Crippen LogP contribution in [0.3, 0.4) is 0 Å². The summed E-state index contributed by atoms with van der Waals surface area (Å²) in [6.07, 6.45) is 4.72. The predicted octanol–water partition coefficient (Wildman–Crippen LogP) is 2.88. The van der Waals surface area contributed by atoms with E-state index in [0.717, 1.165) is 24.0 Å². The van der Waals surface area contributed by atoms with Gasteiger partial charge in [0.05, 0.1) is 0 Å². The molecule has 0 spiro atoms. The van der Waals surface area contributed by atoms with Crippen LogP contribution >= 0.6 is 0 Å². The number of rotatable bonds is 3. The molecule has 3 rings (SSSR count). The molecule has 0 unspecified atom stereocenters. The summed E-state index contributed by atoms with van der Waals surface area (Å²) in [5, 5.41) is 0.992. The smallest absolute Gasteiger partial charge is 0.123 e. The molecule has 0 N–H and O–H groups in total. The van der Waals surface area contributed by atoms with E-state index in [1.165, 1.54) is 32.0 Å². The summed E-state index contributed by atoms with van der Waals surface area (Å²) in [4.78, 5) is 2.50. The fourth-order valence-electron chi connectivity index (χ4n) is 2.62. The minimum atomic E-state index is -0.158. The molecule has 3 heteroatoms. The second-order valence-corrected chi connectivity index (χ2v) is 4.76. The molecular weight excluding hydrogens is 215 g/mol. The lowest BCUT2D eigenvalue weighted by atomic mass is 10.2. The Labute approximate surface area is 101 Å². The van der Waals surface area contributed by atoms with E-state index in [0.29, 0.717) is 0 Å². The monoisotopic (exact) mass is 232 g/mol. The highest BCUT2D eigenvalue weighted by atomic mass is 19.1. The van der Waals surface area contributed by atoms with Crippen LogP contribution in [0.1, 0.15) is 12.8 Å². The van der Waals surface area contributed by atoms with Crippen LogP contribution in [0.25, 0.3) is 10.9 Å². The molecule has 2 heterocycles. The number of nitrogens with zero attached hydrogens (tertiary/aromatic N) is 2. The molecule has 1 aromatic carbocycles. The van der Waals surface area contributed by atoms with Crippen molar-refractivity contribution >= 4 is 10.9 Å². The lowest BCUT2D eigenvalue weighted by molar-refractivity contribution is 0.324. The lowest BCUT2D eigenvalue weighted by Gasteiger charge is -2.15. The zero-order valence-corrected chi connectivity index (χ0v) is 9.90. The van der Waals surface area contributed by atoms with E-state index in [4.69, 9.17) is 0 Å². The SMILES string of the molecule is Fc1ccc2c(ccn2CCN2CCCC2)c1. The quantitative estimate of drug-likeness (QED) is 0.790. The molecule has 0 aliphatic carbocycles. The molecule has 0 radical (unpaired) electrons. The van der Waals surface area contributed by atoms with Crippen LogP contribution in [0.2, 0.25) is 0 Å². The summed E-state index contributed by atoms with van der Waals surface area (Å²) in [5.41, 5.74) is 1.13. The molecule has 0 amide bonds. The first-order valence-electron chi connectivity index (χ1n) is 6.30. The van der Waals surface area contributed by atoms with Crippen molar-refractivity contribution in [3.8, 4) is 0 Å². The zero-order valence-electron chi connectivity index (χ0n) is 9.90. The van der Waals surface area contributed by atoms with Crippen LogP contribution in [-0.2, 0) is 6.54 Å². The van der Waals surface area contributed by atoms with Crippen LogP contribution in [0.4, 0.5) is 4.39 Å². The first kappa shape index (κ1) is 10.8. The minimum absolute atomic E-state index is 0.158. The Hall–Kier alpha value is -1.35. The third kappa shape index (κ3) is 2.20. The summed E-state index contributed by atoms with van der Waals surface area (Å²) < 4.78 is 15.3. The molecule has 2 nitrogen and oxygen atoms in total. The van der Waals surface area contributed by atoms with Gasteiger partial charge >= 0.3 is 0 Å². The third-order valence-electron chi connectivity index (χ3n) is 3.59. The van der Waals surface area contributed by atoms with Crippen LogP contribution in [0, 0.1) is 5.82 Å². The van der Waals surface area contributed by atoms with E-state index in [1.807, 2.05) is 12.1 Å². The highest BCUT2D eigenvalue weighted by Gasteiger charge is 2.11. The fourth-order valence-corrected chi connectivity index (χ4v) is 2.62. The van der Waals surface area contributed by atoms with Gasteiger partial charge in [0.25, 0.3) is 0 Å². The highest BCUT2D eigenvalue weighted by Crippen LogP contribution is 2.17. The zero-order chi connectivity index (χ0) is 11.7. The normalized spacial score (nSPS) is 17.0. The van der Waals surface area contributed by atoms with E-state index < -0.39 is 0 Å². The Kier molecular flexibility index (Phi) is 2.85. The molecule has 1 aliphatic rings. The average molecular weight is 232 g/mol. The predicted molar refractivity (Wildman–Crippen MR) is 67.6 cm³/mol. The number of aromatic nitrogens is 1. The van der Waals surface area contributed by atoms with Crippen LogP contribution in [0.5, 0.6) is 0 Å². The van der Waals surface area contributed by atoms with E-state index in [1.54, 1.807) is 6.07 Å². The van der Waals surface area contributed by atoms with Gasteiger partial charge in [-0.1, -0.05) is 0 Å². The van der Waals surface area contributed by atoms with E-state index >= 15 is 0 Å². The maximum atomic E-state index is 13.1. The van der Waals surface area contributed by atoms with Gasteiger partial charge in [-0.2, -0.15) is 0 Å². The van der Waals surface area contributed by atoms with E-state index in [-0.39, 0.29) is 5.82 Å². The maximum absolute atomic E-state index is 13.1. The molecule has 0 bridgehead atoms. The molecule has 90 valence electrons. The summed E-state index contributed by atoms with van der Waals surface area (Å²) in [6, 6.07) is 6.99. The second kappa shape index (κ2) is 4.49. The number of hydrogen-bond acceptors (Lipinski definition) is 1. The second-order valence-electron chi connectivity index (χ2n) is 4.76. The van der Waals surface area contributed by atoms with Crippen molar-refractivity contribution in [1.82, 2.24) is 9.47 Å². The Morgan fingerprint density at radius 1 is 1.06 bits per heavy atom. The number of hydrogen-bond donors (Lipinski definition) is 0. The summed E-state index contributed by atoms with van der Waals surface area (Å²) in [5.74, 6) is -0.158. The molecule has 2 aromatic rings. The van der Waals surface area contributed by atoms with Crippen LogP contribution in [-0.4, -0.2) is 29.1 Å². The molecular formula is C14H17FN2. The van der Waals surface area contributed by atoms with E-state index in [9.17, 15) is 4.39 Å². The van der Waals surface area contributed by atoms with Crippen LogP contribution in [0.15, 0.2) is 30.5 Å². The van der Waals surface area contributed by atoms with Gasteiger partial charge in [-0.15, -0.1) is 0 Å². The number of likely N-dealkylation sites (tertiary alicyclic amines) is 1. The number of fused-ring (bicyclic) bond motifs is 1. The standard InChI is InChI=1S/C14H17FN2/c15-13-3-4-14-12(11-13)5-8-17(14)10-9-16-6-1-2-7-16/h3-5,8,11H,1-2,6-7,9-10H2. The number of halogens is 1. The van der Waals surface area contributed by atoms with E-state index in [2.05, 4.69) is 15.7 Å². The molecule has 17 heavy (non-hydrogen) atoms. The Morgan fingerprint density at radius 3 is 2.71 bits per heavy atom. The topological polar surface area (TPSA) is 8.17 Å². The van der Waals surface area contributed by atoms with Gasteiger partial charge in [0, 0.05) is 30.2 Å². The highest BCUT2D eigenvalue weighted by molar-refractivity contribution is 5.80. The molecule has 1 saturated heterocycles. The van der Waals surface area contributed by atoms with Crippen molar-refractivity contribution in [2.75, 3.05) is 19.6 Å². The minimum Gasteiger partial charge on any atom is -0.346 e. The van der Waals surface area contributed by atoms with Crippen molar-refractivity contribution in [1.29, 1.82) is 0 Å². The van der Waals surface area contributed by atoms with Crippen molar-refractivity contribution in [2.45, 2.75) is 19.4 Å². The number of benzene rings is 1. The lowest BCUT2D eigenvalue weighted by Crippen LogP contribution is -2.23. The van der Waals surface area contributed by atoms with Gasteiger partial charge in [-0.05, 0) is 50.2 Å². The first-order valence-corrected chi connectivity index (χ1v) is 6.30. The van der Waals surface area contributed by atoms with Crippen molar-refractivity contribution < 1.29 is 4.39 Å². The Balaban J connectivity index is 1.76. The largest absolute Gasteiger partial charge is 0.346 e.